The van der Waals surface area contributed by atoms with Crippen LogP contribution in [0.15, 0.2) is 61.1 Å². The fourth-order valence-electron chi connectivity index (χ4n) is 2.85. The lowest BCUT2D eigenvalue weighted by Crippen LogP contribution is -2.11. The largest absolute Gasteiger partial charge is 0.370 e. The third-order valence-corrected chi connectivity index (χ3v) is 4.13. The topological polar surface area (TPSA) is 85.3 Å². The Bertz CT molecular complexity index is 1050. The molecule has 0 saturated heterocycles. The molecule has 0 unspecified atom stereocenters. The molecule has 3 N–H and O–H groups in total. The maximum Gasteiger partial charge on any atom is 0.217 e. The Hall–Kier alpha value is -3.41. The lowest BCUT2D eigenvalue weighted by Gasteiger charge is -2.10. The van der Waals surface area contributed by atoms with E-state index < -0.39 is 0 Å². The second-order valence-corrected chi connectivity index (χ2v) is 5.89. The molecule has 0 fully saturated rings. The van der Waals surface area contributed by atoms with Gasteiger partial charge in [0.25, 0.3) is 0 Å². The molecule has 0 atom stereocenters. The van der Waals surface area contributed by atoms with Gasteiger partial charge in [-0.05, 0) is 36.2 Å². The summed E-state index contributed by atoms with van der Waals surface area (Å²) in [6.07, 6.45) is 4.59. The molecule has 0 aliphatic carbocycles. The first-order valence-electron chi connectivity index (χ1n) is 8.06. The minimum atomic E-state index is -0.286. The van der Waals surface area contributed by atoms with Crippen LogP contribution in [0.3, 0.4) is 0 Å². The van der Waals surface area contributed by atoms with Crippen molar-refractivity contribution in [3.05, 3.63) is 66.6 Å². The number of nitrogens with zero attached hydrogens (tertiary/aromatic N) is 3. The summed E-state index contributed by atoms with van der Waals surface area (Å²) < 4.78 is 2.02. The van der Waals surface area contributed by atoms with E-state index in [4.69, 9.17) is 10.7 Å². The van der Waals surface area contributed by atoms with Gasteiger partial charge in [-0.2, -0.15) is 0 Å². The summed E-state index contributed by atoms with van der Waals surface area (Å²) in [4.78, 5) is 19.8. The van der Waals surface area contributed by atoms with Gasteiger partial charge in [0.15, 0.2) is 5.82 Å². The molecule has 6 heteroatoms. The summed E-state index contributed by atoms with van der Waals surface area (Å²) in [6, 6.07) is 15.9. The maximum absolute atomic E-state index is 10.9. The molecule has 25 heavy (non-hydrogen) atoms. The Morgan fingerprint density at radius 3 is 2.68 bits per heavy atom. The quantitative estimate of drug-likeness (QED) is 0.588. The van der Waals surface area contributed by atoms with Crippen LogP contribution in [0.5, 0.6) is 0 Å². The SMILES string of the molecule is NC(=O)CCc1ccc(Nc2nc3ccccc3n3cncc23)cc1. The number of carbonyl (C=O) groups excluding carboxylic acids is 1. The molecule has 124 valence electrons. The standard InChI is InChI=1S/C19H17N5O/c20-18(25)10-7-13-5-8-14(9-6-13)22-19-17-11-21-12-24(17)16-4-2-1-3-15(16)23-19/h1-6,8-9,11-12H,7,10H2,(H2,20,25)(H,22,23). The Morgan fingerprint density at radius 2 is 1.88 bits per heavy atom. The highest BCUT2D eigenvalue weighted by Gasteiger charge is 2.08. The Kier molecular flexibility index (Phi) is 3.78. The molecule has 0 aliphatic heterocycles. The average molecular weight is 331 g/mol. The lowest BCUT2D eigenvalue weighted by atomic mass is 10.1. The number of fused-ring (bicyclic) bond motifs is 3. The lowest BCUT2D eigenvalue weighted by molar-refractivity contribution is -0.117. The summed E-state index contributed by atoms with van der Waals surface area (Å²) in [5, 5.41) is 3.35. The van der Waals surface area contributed by atoms with E-state index in [1.165, 1.54) is 0 Å². The number of nitrogens with one attached hydrogen (secondary N) is 1. The average Bonchev–Trinajstić information content (AvgIpc) is 3.11. The number of rotatable bonds is 5. The molecule has 6 nitrogen and oxygen atoms in total. The Balaban J connectivity index is 1.65. The van der Waals surface area contributed by atoms with E-state index in [1.807, 2.05) is 52.9 Å². The monoisotopic (exact) mass is 331 g/mol. The predicted molar refractivity (Wildman–Crippen MR) is 97.7 cm³/mol. The molecule has 0 bridgehead atoms. The van der Waals surface area contributed by atoms with Crippen molar-refractivity contribution in [2.75, 3.05) is 5.32 Å². The number of aryl methyl sites for hydroxylation is 1. The summed E-state index contributed by atoms with van der Waals surface area (Å²) in [6.45, 7) is 0. The van der Waals surface area contributed by atoms with Gasteiger partial charge in [0.2, 0.25) is 5.91 Å². The minimum Gasteiger partial charge on any atom is -0.370 e. The van der Waals surface area contributed by atoms with Crippen LogP contribution in [-0.2, 0) is 11.2 Å². The molecule has 2 aromatic carbocycles. The van der Waals surface area contributed by atoms with Crippen molar-refractivity contribution in [2.24, 2.45) is 5.73 Å². The maximum atomic E-state index is 10.9. The fraction of sp³-hybridized carbons (Fsp3) is 0.105. The van der Waals surface area contributed by atoms with Crippen LogP contribution in [-0.4, -0.2) is 20.3 Å². The van der Waals surface area contributed by atoms with E-state index in [2.05, 4.69) is 10.3 Å². The van der Waals surface area contributed by atoms with Crippen LogP contribution in [0.25, 0.3) is 16.6 Å². The van der Waals surface area contributed by atoms with Gasteiger partial charge in [0.05, 0.1) is 23.6 Å². The molecule has 4 rings (SSSR count). The molecule has 4 aromatic rings. The van der Waals surface area contributed by atoms with Gasteiger partial charge < -0.3 is 11.1 Å². The summed E-state index contributed by atoms with van der Waals surface area (Å²) in [5.74, 6) is 0.465. The molecule has 2 aromatic heterocycles. The highest BCUT2D eigenvalue weighted by atomic mass is 16.1. The number of anilines is 2. The number of nitrogens with two attached hydrogens (primary N) is 1. The second-order valence-electron chi connectivity index (χ2n) is 5.89. The summed E-state index contributed by atoms with van der Waals surface area (Å²) in [7, 11) is 0. The fourth-order valence-corrected chi connectivity index (χ4v) is 2.85. The molecule has 0 saturated carbocycles. The van der Waals surface area contributed by atoms with Gasteiger partial charge in [-0.3, -0.25) is 9.20 Å². The normalized spacial score (nSPS) is 11.0. The van der Waals surface area contributed by atoms with Gasteiger partial charge in [-0.15, -0.1) is 0 Å². The second kappa shape index (κ2) is 6.24. The third-order valence-electron chi connectivity index (χ3n) is 4.13. The van der Waals surface area contributed by atoms with E-state index in [9.17, 15) is 4.79 Å². The van der Waals surface area contributed by atoms with Gasteiger partial charge in [-0.1, -0.05) is 24.3 Å². The number of para-hydroxylation sites is 2. The van der Waals surface area contributed by atoms with E-state index in [0.29, 0.717) is 12.8 Å². The van der Waals surface area contributed by atoms with Crippen molar-refractivity contribution in [2.45, 2.75) is 12.8 Å². The third kappa shape index (κ3) is 3.01. The van der Waals surface area contributed by atoms with Crippen LogP contribution in [0.2, 0.25) is 0 Å². The van der Waals surface area contributed by atoms with E-state index in [1.54, 1.807) is 12.5 Å². The van der Waals surface area contributed by atoms with Gasteiger partial charge in [-0.25, -0.2) is 9.97 Å². The van der Waals surface area contributed by atoms with E-state index in [-0.39, 0.29) is 5.91 Å². The Labute approximate surface area is 144 Å². The van der Waals surface area contributed by atoms with Crippen molar-refractivity contribution in [3.63, 3.8) is 0 Å². The highest BCUT2D eigenvalue weighted by Crippen LogP contribution is 2.24. The van der Waals surface area contributed by atoms with Gasteiger partial charge >= 0.3 is 0 Å². The number of primary amides is 1. The van der Waals surface area contributed by atoms with Crippen LogP contribution in [0.4, 0.5) is 11.5 Å². The zero-order valence-electron chi connectivity index (χ0n) is 13.5. The number of aromatic nitrogens is 3. The van der Waals surface area contributed by atoms with Crippen LogP contribution < -0.4 is 11.1 Å². The molecular weight excluding hydrogens is 314 g/mol. The number of amides is 1. The predicted octanol–water partition coefficient (Wildman–Crippen LogP) is 3.04. The van der Waals surface area contributed by atoms with Gasteiger partial charge in [0.1, 0.15) is 5.52 Å². The minimum absolute atomic E-state index is 0.286. The zero-order valence-corrected chi connectivity index (χ0v) is 13.5. The number of hydrogen-bond acceptors (Lipinski definition) is 4. The molecule has 0 radical (unpaired) electrons. The number of hydrogen-bond donors (Lipinski definition) is 2. The van der Waals surface area contributed by atoms with Crippen LogP contribution >= 0.6 is 0 Å². The van der Waals surface area contributed by atoms with Crippen molar-refractivity contribution < 1.29 is 4.79 Å². The first-order valence-corrected chi connectivity index (χ1v) is 8.06. The van der Waals surface area contributed by atoms with Gasteiger partial charge in [0, 0.05) is 12.1 Å². The first kappa shape index (κ1) is 15.1. The molecule has 0 aliphatic rings. The molecule has 0 spiro atoms. The molecule has 1 amide bonds. The first-order chi connectivity index (χ1) is 12.2. The smallest absolute Gasteiger partial charge is 0.217 e. The molecular formula is C19H17N5O. The highest BCUT2D eigenvalue weighted by molar-refractivity contribution is 5.85. The number of imidazole rings is 1. The summed E-state index contributed by atoms with van der Waals surface area (Å²) >= 11 is 0. The zero-order chi connectivity index (χ0) is 17.2. The van der Waals surface area contributed by atoms with Crippen molar-refractivity contribution in [3.8, 4) is 0 Å². The summed E-state index contributed by atoms with van der Waals surface area (Å²) in [5.41, 5.74) is 10.0. The number of benzene rings is 2. The van der Waals surface area contributed by atoms with E-state index >= 15 is 0 Å². The van der Waals surface area contributed by atoms with Crippen LogP contribution in [0.1, 0.15) is 12.0 Å². The van der Waals surface area contributed by atoms with Crippen molar-refractivity contribution in [1.82, 2.24) is 14.4 Å². The Morgan fingerprint density at radius 1 is 1.08 bits per heavy atom. The number of carbonyl (C=O) groups is 1. The molecule has 2 heterocycles. The van der Waals surface area contributed by atoms with Crippen molar-refractivity contribution in [1.29, 1.82) is 0 Å². The van der Waals surface area contributed by atoms with Crippen molar-refractivity contribution >= 4 is 34.0 Å². The van der Waals surface area contributed by atoms with E-state index in [0.717, 1.165) is 33.6 Å². The van der Waals surface area contributed by atoms with Crippen LogP contribution in [0, 0.1) is 0 Å².